The second-order valence-corrected chi connectivity index (χ2v) is 4.67. The van der Waals surface area contributed by atoms with Gasteiger partial charge in [0.25, 0.3) is 5.56 Å². The number of rotatable bonds is 2. The number of aryl methyl sites for hydroxylation is 1. The van der Waals surface area contributed by atoms with Gasteiger partial charge in [0.2, 0.25) is 0 Å². The van der Waals surface area contributed by atoms with Crippen molar-refractivity contribution in [2.75, 3.05) is 5.73 Å². The minimum Gasteiger partial charge on any atom is -0.399 e. The van der Waals surface area contributed by atoms with E-state index in [9.17, 15) is 4.79 Å². The summed E-state index contributed by atoms with van der Waals surface area (Å²) in [5.41, 5.74) is 8.99. The third-order valence-corrected chi connectivity index (χ3v) is 2.82. The SMILES string of the molecule is Cc1cc(=O)n(C(C)C)nc1-c1ccc(N)cc1. The van der Waals surface area contributed by atoms with Crippen LogP contribution in [0.2, 0.25) is 0 Å². The summed E-state index contributed by atoms with van der Waals surface area (Å²) in [6.45, 7) is 5.78. The van der Waals surface area contributed by atoms with Gasteiger partial charge in [0, 0.05) is 17.3 Å². The van der Waals surface area contributed by atoms with Gasteiger partial charge in [-0.15, -0.1) is 0 Å². The molecule has 0 atom stereocenters. The molecule has 4 heteroatoms. The number of nitrogens with zero attached hydrogens (tertiary/aromatic N) is 2. The highest BCUT2D eigenvalue weighted by atomic mass is 16.1. The Morgan fingerprint density at radius 1 is 1.22 bits per heavy atom. The van der Waals surface area contributed by atoms with Crippen LogP contribution in [0.5, 0.6) is 0 Å². The van der Waals surface area contributed by atoms with Crippen molar-refractivity contribution in [3.8, 4) is 11.3 Å². The molecule has 2 rings (SSSR count). The van der Waals surface area contributed by atoms with Crippen LogP contribution >= 0.6 is 0 Å². The number of benzene rings is 1. The smallest absolute Gasteiger partial charge is 0.267 e. The first-order valence-corrected chi connectivity index (χ1v) is 5.95. The Labute approximate surface area is 106 Å². The lowest BCUT2D eigenvalue weighted by Crippen LogP contribution is -2.25. The minimum atomic E-state index is -0.0679. The topological polar surface area (TPSA) is 60.9 Å². The molecule has 1 aromatic heterocycles. The molecule has 0 fully saturated rings. The van der Waals surface area contributed by atoms with Crippen molar-refractivity contribution in [2.24, 2.45) is 0 Å². The van der Waals surface area contributed by atoms with E-state index in [-0.39, 0.29) is 11.6 Å². The highest BCUT2D eigenvalue weighted by Gasteiger charge is 2.09. The maximum Gasteiger partial charge on any atom is 0.267 e. The zero-order chi connectivity index (χ0) is 13.3. The van der Waals surface area contributed by atoms with Crippen molar-refractivity contribution >= 4 is 5.69 Å². The molecule has 2 aromatic rings. The average Bonchev–Trinajstić information content (AvgIpc) is 2.30. The van der Waals surface area contributed by atoms with Crippen molar-refractivity contribution in [1.82, 2.24) is 9.78 Å². The predicted octanol–water partition coefficient (Wildman–Crippen LogP) is 2.38. The maximum absolute atomic E-state index is 11.8. The molecule has 0 saturated carbocycles. The highest BCUT2D eigenvalue weighted by molar-refractivity contribution is 5.64. The van der Waals surface area contributed by atoms with E-state index in [4.69, 9.17) is 5.73 Å². The fraction of sp³-hybridized carbons (Fsp3) is 0.286. The molecule has 0 aliphatic rings. The standard InChI is InChI=1S/C14H17N3O/c1-9(2)17-13(18)8-10(3)14(16-17)11-4-6-12(15)7-5-11/h4-9H,15H2,1-3H3. The summed E-state index contributed by atoms with van der Waals surface area (Å²) in [6, 6.07) is 9.17. The van der Waals surface area contributed by atoms with Gasteiger partial charge in [-0.3, -0.25) is 4.79 Å². The van der Waals surface area contributed by atoms with E-state index in [0.717, 1.165) is 16.8 Å². The number of nitrogens with two attached hydrogens (primary N) is 1. The monoisotopic (exact) mass is 243 g/mol. The Kier molecular flexibility index (Phi) is 3.19. The van der Waals surface area contributed by atoms with Gasteiger partial charge < -0.3 is 5.73 Å². The second kappa shape index (κ2) is 4.64. The zero-order valence-corrected chi connectivity index (χ0v) is 10.8. The summed E-state index contributed by atoms with van der Waals surface area (Å²) in [4.78, 5) is 11.8. The van der Waals surface area contributed by atoms with Crippen LogP contribution in [0.25, 0.3) is 11.3 Å². The fourth-order valence-corrected chi connectivity index (χ4v) is 1.85. The van der Waals surface area contributed by atoms with Crippen LogP contribution < -0.4 is 11.3 Å². The van der Waals surface area contributed by atoms with Crippen LogP contribution in [-0.2, 0) is 0 Å². The van der Waals surface area contributed by atoms with Crippen LogP contribution in [0.15, 0.2) is 35.1 Å². The van der Waals surface area contributed by atoms with E-state index in [1.54, 1.807) is 6.07 Å². The van der Waals surface area contributed by atoms with Crippen molar-refractivity contribution in [3.05, 3.63) is 46.2 Å². The lowest BCUT2D eigenvalue weighted by molar-refractivity contribution is 0.504. The second-order valence-electron chi connectivity index (χ2n) is 4.67. The van der Waals surface area contributed by atoms with Crippen molar-refractivity contribution < 1.29 is 0 Å². The third-order valence-electron chi connectivity index (χ3n) is 2.82. The first kappa shape index (κ1) is 12.4. The van der Waals surface area contributed by atoms with Gasteiger partial charge in [0.1, 0.15) is 0 Å². The Balaban J connectivity index is 2.60. The van der Waals surface area contributed by atoms with Crippen LogP contribution in [0.1, 0.15) is 25.5 Å². The van der Waals surface area contributed by atoms with Crippen molar-refractivity contribution in [2.45, 2.75) is 26.8 Å². The summed E-state index contributed by atoms with van der Waals surface area (Å²) >= 11 is 0. The molecular formula is C14H17N3O. The summed E-state index contributed by atoms with van der Waals surface area (Å²) in [6.07, 6.45) is 0. The molecule has 1 aromatic carbocycles. The average molecular weight is 243 g/mol. The Bertz CT molecular complexity index is 612. The van der Waals surface area contributed by atoms with Gasteiger partial charge in [-0.25, -0.2) is 4.68 Å². The van der Waals surface area contributed by atoms with Crippen molar-refractivity contribution in [1.29, 1.82) is 0 Å². The normalized spacial score (nSPS) is 10.9. The molecule has 0 saturated heterocycles. The Morgan fingerprint density at radius 2 is 1.83 bits per heavy atom. The summed E-state index contributed by atoms with van der Waals surface area (Å²) < 4.78 is 1.50. The maximum atomic E-state index is 11.8. The minimum absolute atomic E-state index is 0.0469. The van der Waals surface area contributed by atoms with Crippen molar-refractivity contribution in [3.63, 3.8) is 0 Å². The lowest BCUT2D eigenvalue weighted by Gasteiger charge is -2.12. The summed E-state index contributed by atoms with van der Waals surface area (Å²) in [7, 11) is 0. The van der Waals surface area contributed by atoms with Gasteiger partial charge in [0.15, 0.2) is 0 Å². The van der Waals surface area contributed by atoms with Crippen LogP contribution in [0, 0.1) is 6.92 Å². The van der Waals surface area contributed by atoms with E-state index in [2.05, 4.69) is 5.10 Å². The molecule has 1 heterocycles. The first-order chi connectivity index (χ1) is 8.49. The van der Waals surface area contributed by atoms with Gasteiger partial charge in [0.05, 0.1) is 11.7 Å². The Hall–Kier alpha value is -2.10. The molecule has 0 amide bonds. The highest BCUT2D eigenvalue weighted by Crippen LogP contribution is 2.21. The molecule has 0 aliphatic carbocycles. The van der Waals surface area contributed by atoms with E-state index < -0.39 is 0 Å². The molecule has 94 valence electrons. The number of aromatic nitrogens is 2. The van der Waals surface area contributed by atoms with E-state index in [0.29, 0.717) is 5.69 Å². The summed E-state index contributed by atoms with van der Waals surface area (Å²) in [5, 5.41) is 4.43. The van der Waals surface area contributed by atoms with E-state index >= 15 is 0 Å². The number of hydrogen-bond donors (Lipinski definition) is 1. The largest absolute Gasteiger partial charge is 0.399 e. The quantitative estimate of drug-likeness (QED) is 0.824. The van der Waals surface area contributed by atoms with Gasteiger partial charge in [-0.05, 0) is 38.5 Å². The van der Waals surface area contributed by atoms with Crippen LogP contribution in [-0.4, -0.2) is 9.78 Å². The first-order valence-electron chi connectivity index (χ1n) is 5.95. The number of anilines is 1. The van der Waals surface area contributed by atoms with Gasteiger partial charge in [-0.1, -0.05) is 12.1 Å². The molecule has 0 aliphatic heterocycles. The Morgan fingerprint density at radius 3 is 2.39 bits per heavy atom. The fourth-order valence-electron chi connectivity index (χ4n) is 1.85. The molecule has 2 N–H and O–H groups in total. The molecule has 18 heavy (non-hydrogen) atoms. The number of hydrogen-bond acceptors (Lipinski definition) is 3. The molecule has 0 bridgehead atoms. The molecule has 0 unspecified atom stereocenters. The van der Waals surface area contributed by atoms with Crippen LogP contribution in [0.4, 0.5) is 5.69 Å². The predicted molar refractivity (Wildman–Crippen MR) is 73.5 cm³/mol. The van der Waals surface area contributed by atoms with Gasteiger partial charge in [-0.2, -0.15) is 5.10 Å². The molecule has 4 nitrogen and oxygen atoms in total. The molecule has 0 radical (unpaired) electrons. The molecular weight excluding hydrogens is 226 g/mol. The van der Waals surface area contributed by atoms with E-state index in [1.165, 1.54) is 4.68 Å². The zero-order valence-electron chi connectivity index (χ0n) is 10.8. The van der Waals surface area contributed by atoms with Crippen LogP contribution in [0.3, 0.4) is 0 Å². The molecule has 0 spiro atoms. The third kappa shape index (κ3) is 2.27. The number of nitrogen functional groups attached to an aromatic ring is 1. The summed E-state index contributed by atoms with van der Waals surface area (Å²) in [5.74, 6) is 0. The van der Waals surface area contributed by atoms with E-state index in [1.807, 2.05) is 45.0 Å². The van der Waals surface area contributed by atoms with Gasteiger partial charge >= 0.3 is 0 Å². The lowest BCUT2D eigenvalue weighted by atomic mass is 10.1.